The molecule has 6 amide bonds. The SMILES string of the molecule is CNCCCCC(NC)C(=O)NCCCCC(NC(=O)C(CCCCN)NC(C)(C)C)C(=O)NC(CCCCNC(=O)C(CCCCNC(=O)C(CCCCNC(C)(C)C)NC)NC(=O)C(CCCCNC)NC)C(C)=O. The molecule has 0 rings (SSSR count). The van der Waals surface area contributed by atoms with Gasteiger partial charge < -0.3 is 74.9 Å². The first kappa shape index (κ1) is 73.2. The molecule has 0 aromatic rings. The molecule has 0 aliphatic carbocycles. The Morgan fingerprint density at radius 1 is 0.351 bits per heavy atom. The molecular weight excluding hydrogens is 981 g/mol. The predicted octanol–water partition coefficient (Wildman–Crippen LogP) is 1.88. The van der Waals surface area contributed by atoms with Crippen molar-refractivity contribution in [2.45, 2.75) is 237 Å². The normalized spacial score (nSPS) is 14.6. The first-order chi connectivity index (χ1) is 36.6. The third-order valence-corrected chi connectivity index (χ3v) is 13.5. The number of carbonyl (C=O) groups excluding carboxylic acids is 7. The van der Waals surface area contributed by atoms with Gasteiger partial charge in [0.15, 0.2) is 5.78 Å². The summed E-state index contributed by atoms with van der Waals surface area (Å²) in [6.45, 7) is 18.0. The maximum Gasteiger partial charge on any atom is 0.243 e. The van der Waals surface area contributed by atoms with Crippen molar-refractivity contribution >= 4 is 41.2 Å². The molecule has 0 saturated heterocycles. The van der Waals surface area contributed by atoms with Gasteiger partial charge in [0, 0.05) is 30.7 Å². The van der Waals surface area contributed by atoms with Crippen LogP contribution in [0.15, 0.2) is 0 Å². The summed E-state index contributed by atoms with van der Waals surface area (Å²) in [6, 6.07) is -4.19. The van der Waals surface area contributed by atoms with E-state index in [1.165, 1.54) is 6.92 Å². The van der Waals surface area contributed by atoms with Crippen molar-refractivity contribution in [2.24, 2.45) is 5.73 Å². The average Bonchev–Trinajstić information content (AvgIpc) is 3.36. The van der Waals surface area contributed by atoms with Gasteiger partial charge in [-0.25, -0.2) is 0 Å². The number of hydrogen-bond donors (Lipinski definition) is 14. The van der Waals surface area contributed by atoms with E-state index >= 15 is 0 Å². The number of nitrogens with two attached hydrogens (primary N) is 1. The number of Topliss-reactive ketones (excluding diaryl/α,β-unsaturated/α-hetero) is 1. The Hall–Kier alpha value is -3.83. The Kier molecular flexibility index (Phi) is 41.8. The van der Waals surface area contributed by atoms with E-state index < -0.39 is 36.1 Å². The minimum absolute atomic E-state index is 0.0518. The van der Waals surface area contributed by atoms with Crippen molar-refractivity contribution in [3.8, 4) is 0 Å². The van der Waals surface area contributed by atoms with Crippen LogP contribution < -0.4 is 74.9 Å². The zero-order valence-corrected chi connectivity index (χ0v) is 50.3. The second-order valence-electron chi connectivity index (χ2n) is 22.8. The minimum atomic E-state index is -0.934. The van der Waals surface area contributed by atoms with E-state index in [1.807, 2.05) is 34.9 Å². The van der Waals surface area contributed by atoms with Gasteiger partial charge >= 0.3 is 0 Å². The van der Waals surface area contributed by atoms with Gasteiger partial charge in [0.05, 0.1) is 30.2 Å². The smallest absolute Gasteiger partial charge is 0.243 e. The highest BCUT2D eigenvalue weighted by molar-refractivity contribution is 5.93. The van der Waals surface area contributed by atoms with Crippen molar-refractivity contribution < 1.29 is 33.6 Å². The van der Waals surface area contributed by atoms with Crippen LogP contribution in [0.25, 0.3) is 0 Å². The molecule has 77 heavy (non-hydrogen) atoms. The van der Waals surface area contributed by atoms with Gasteiger partial charge in [-0.3, -0.25) is 33.6 Å². The number of nitrogens with one attached hydrogen (secondary N) is 13. The van der Waals surface area contributed by atoms with E-state index in [4.69, 9.17) is 5.73 Å². The zero-order chi connectivity index (χ0) is 58.1. The number of ketones is 1. The van der Waals surface area contributed by atoms with Crippen molar-refractivity contribution in [3.63, 3.8) is 0 Å². The maximum atomic E-state index is 14.1. The van der Waals surface area contributed by atoms with Crippen LogP contribution in [0, 0.1) is 0 Å². The van der Waals surface area contributed by atoms with Gasteiger partial charge in [0.1, 0.15) is 12.1 Å². The van der Waals surface area contributed by atoms with E-state index in [-0.39, 0.29) is 65.0 Å². The summed E-state index contributed by atoms with van der Waals surface area (Å²) < 4.78 is 0. The molecule has 0 aromatic heterocycles. The van der Waals surface area contributed by atoms with Crippen LogP contribution in [0.3, 0.4) is 0 Å². The molecule has 0 aliphatic heterocycles. The Morgan fingerprint density at radius 2 is 0.649 bits per heavy atom. The highest BCUT2D eigenvalue weighted by Gasteiger charge is 2.30. The number of likely N-dealkylation sites (N-methyl/N-ethyl adjacent to an activating group) is 3. The maximum absolute atomic E-state index is 14.1. The standard InChI is InChI=1S/C56H114N14O7/c1-41(71)42(67-53(76)47(69-54(77)48(33-13-20-34-57)70-56(5,6)7)32-18-25-38-64-49(72)43(60-10)28-14-21-35-58-8)27-16-23-39-65-51(74)46(68-52(75)45(62-12)30-15-22-36-59-9)31-17-24-37-63-50(73)44(61-11)29-19-26-40-66-55(2,3)4/h42-48,58-62,66,70H,13-40,57H2,1-12H3,(H,63,73)(H,64,72)(H,65,74)(H,67,76)(H,68,75)(H,69,77). The lowest BCUT2D eigenvalue weighted by Crippen LogP contribution is -2.57. The zero-order valence-electron chi connectivity index (χ0n) is 50.3. The molecule has 0 heterocycles. The van der Waals surface area contributed by atoms with Crippen LogP contribution in [0.2, 0.25) is 0 Å². The summed E-state index contributed by atoms with van der Waals surface area (Å²) in [5.41, 5.74) is 5.44. The lowest BCUT2D eigenvalue weighted by Gasteiger charge is -2.30. The molecule has 21 nitrogen and oxygen atoms in total. The topological polar surface area (TPSA) is 302 Å². The van der Waals surface area contributed by atoms with Crippen molar-refractivity contribution in [2.75, 3.05) is 81.1 Å². The molecule has 7 atom stereocenters. The fraction of sp³-hybridized carbons (Fsp3) is 0.875. The monoisotopic (exact) mass is 1090 g/mol. The van der Waals surface area contributed by atoms with E-state index in [2.05, 4.69) is 89.9 Å². The number of carbonyl (C=O) groups is 7. The predicted molar refractivity (Wildman–Crippen MR) is 312 cm³/mol. The van der Waals surface area contributed by atoms with Crippen LogP contribution in [0.5, 0.6) is 0 Å². The van der Waals surface area contributed by atoms with E-state index in [0.717, 1.165) is 83.8 Å². The van der Waals surface area contributed by atoms with Gasteiger partial charge in [-0.1, -0.05) is 25.7 Å². The first-order valence-electron chi connectivity index (χ1n) is 29.4. The molecule has 0 bridgehead atoms. The fourth-order valence-electron chi connectivity index (χ4n) is 8.90. The minimum Gasteiger partial charge on any atom is -0.355 e. The molecule has 7 unspecified atom stereocenters. The molecule has 0 aromatic carbocycles. The van der Waals surface area contributed by atoms with Gasteiger partial charge in [0.25, 0.3) is 0 Å². The second-order valence-corrected chi connectivity index (χ2v) is 22.8. The molecule has 0 saturated carbocycles. The van der Waals surface area contributed by atoms with Gasteiger partial charge in [-0.2, -0.15) is 0 Å². The number of hydrogen-bond acceptors (Lipinski definition) is 15. The van der Waals surface area contributed by atoms with Crippen LogP contribution in [-0.2, 0) is 33.6 Å². The first-order valence-corrected chi connectivity index (χ1v) is 29.4. The van der Waals surface area contributed by atoms with Crippen molar-refractivity contribution in [1.29, 1.82) is 0 Å². The lowest BCUT2D eigenvalue weighted by atomic mass is 10.0. The molecule has 0 aliphatic rings. The highest BCUT2D eigenvalue weighted by Crippen LogP contribution is 2.13. The van der Waals surface area contributed by atoms with Crippen LogP contribution >= 0.6 is 0 Å². The van der Waals surface area contributed by atoms with Gasteiger partial charge in [-0.05, 0) is 219 Å². The average molecular weight is 1100 g/mol. The summed E-state index contributed by atoms with van der Waals surface area (Å²) in [5.74, 6) is -1.71. The molecular formula is C56H114N14O7. The van der Waals surface area contributed by atoms with Gasteiger partial charge in [0.2, 0.25) is 35.4 Å². The highest BCUT2D eigenvalue weighted by atomic mass is 16.2. The van der Waals surface area contributed by atoms with E-state index in [0.29, 0.717) is 90.3 Å². The molecule has 0 fully saturated rings. The van der Waals surface area contributed by atoms with Crippen LogP contribution in [0.1, 0.15) is 183 Å². The Bertz CT molecular complexity index is 1630. The number of unbranched alkanes of at least 4 members (excludes halogenated alkanes) is 7. The van der Waals surface area contributed by atoms with Crippen molar-refractivity contribution in [1.82, 2.24) is 69.1 Å². The van der Waals surface area contributed by atoms with Crippen molar-refractivity contribution in [3.05, 3.63) is 0 Å². The number of rotatable bonds is 48. The molecule has 15 N–H and O–H groups in total. The third-order valence-electron chi connectivity index (χ3n) is 13.5. The Morgan fingerprint density at radius 3 is 1.03 bits per heavy atom. The van der Waals surface area contributed by atoms with Gasteiger partial charge in [-0.15, -0.1) is 0 Å². The Labute approximate surface area is 465 Å². The fourth-order valence-corrected chi connectivity index (χ4v) is 8.90. The van der Waals surface area contributed by atoms with Crippen LogP contribution in [0.4, 0.5) is 0 Å². The summed E-state index contributed by atoms with van der Waals surface area (Å²) in [4.78, 5) is 94.1. The quantitative estimate of drug-likeness (QED) is 0.0387. The second kappa shape index (κ2) is 44.0. The third kappa shape index (κ3) is 37.6. The summed E-state index contributed by atoms with van der Waals surface area (Å²) in [5, 5.41) is 40.4. The molecule has 450 valence electrons. The summed E-state index contributed by atoms with van der Waals surface area (Å²) in [6.07, 6.45) is 13.8. The molecule has 0 spiro atoms. The van der Waals surface area contributed by atoms with E-state index in [9.17, 15) is 33.6 Å². The molecule has 0 radical (unpaired) electrons. The number of amides is 6. The van der Waals surface area contributed by atoms with E-state index in [1.54, 1.807) is 21.1 Å². The molecule has 21 heteroatoms. The van der Waals surface area contributed by atoms with Crippen LogP contribution in [-0.4, -0.2) is 176 Å². The largest absolute Gasteiger partial charge is 0.355 e. The Balaban J connectivity index is 5.80. The lowest BCUT2D eigenvalue weighted by molar-refractivity contribution is -0.132. The summed E-state index contributed by atoms with van der Waals surface area (Å²) in [7, 11) is 9.10. The summed E-state index contributed by atoms with van der Waals surface area (Å²) >= 11 is 0.